The molecule has 1 aliphatic rings. The van der Waals surface area contributed by atoms with E-state index in [2.05, 4.69) is 17.2 Å². The fourth-order valence-electron chi connectivity index (χ4n) is 1.58. The smallest absolute Gasteiger partial charge is 0.157 e. The molecule has 0 aromatic heterocycles. The molecule has 16 heavy (non-hydrogen) atoms. The molecule has 0 saturated heterocycles. The number of amidine groups is 1. The fourth-order valence-corrected chi connectivity index (χ4v) is 2.72. The summed E-state index contributed by atoms with van der Waals surface area (Å²) in [7, 11) is 3.39. The van der Waals surface area contributed by atoms with E-state index in [-0.39, 0.29) is 6.10 Å². The van der Waals surface area contributed by atoms with Gasteiger partial charge in [-0.05, 0) is 6.42 Å². The van der Waals surface area contributed by atoms with Crippen LogP contribution in [-0.4, -0.2) is 50.4 Å². The molecular weight excluding hydrogens is 224 g/mol. The van der Waals surface area contributed by atoms with Crippen LogP contribution in [0.3, 0.4) is 0 Å². The molecule has 0 spiro atoms. The Hall–Kier alpha value is -0.260. The van der Waals surface area contributed by atoms with E-state index in [1.54, 1.807) is 14.2 Å². The molecule has 4 nitrogen and oxygen atoms in total. The van der Waals surface area contributed by atoms with Crippen LogP contribution in [0.25, 0.3) is 0 Å². The molecule has 0 bridgehead atoms. The van der Waals surface area contributed by atoms with E-state index < -0.39 is 0 Å². The quantitative estimate of drug-likeness (QED) is 0.739. The minimum atomic E-state index is 0.0959. The van der Waals surface area contributed by atoms with Gasteiger partial charge in [0.1, 0.15) is 0 Å². The van der Waals surface area contributed by atoms with Crippen molar-refractivity contribution in [3.63, 3.8) is 0 Å². The third-order valence-electron chi connectivity index (χ3n) is 2.49. The summed E-state index contributed by atoms with van der Waals surface area (Å²) in [6.45, 7) is 4.53. The first kappa shape index (κ1) is 13.8. The summed E-state index contributed by atoms with van der Waals surface area (Å²) in [6.07, 6.45) is 2.56. The van der Waals surface area contributed by atoms with E-state index in [0.717, 1.165) is 18.3 Å². The Morgan fingerprint density at radius 3 is 3.00 bits per heavy atom. The molecule has 0 radical (unpaired) electrons. The van der Waals surface area contributed by atoms with Crippen LogP contribution < -0.4 is 5.32 Å². The molecule has 2 unspecified atom stereocenters. The molecule has 0 fully saturated rings. The predicted molar refractivity (Wildman–Crippen MR) is 69.3 cm³/mol. The average Bonchev–Trinajstić information content (AvgIpc) is 2.72. The Balaban J connectivity index is 2.18. The standard InChI is InChI=1S/C11H22N2O2S/c1-4-5-10-7-13-11(16-10)12-6-9(15-3)8-14-2/h9-10H,4-8H2,1-3H3,(H,12,13). The monoisotopic (exact) mass is 246 g/mol. The first-order chi connectivity index (χ1) is 7.80. The maximum atomic E-state index is 5.27. The van der Waals surface area contributed by atoms with Gasteiger partial charge >= 0.3 is 0 Å². The van der Waals surface area contributed by atoms with Crippen LogP contribution in [0, 0.1) is 0 Å². The third kappa shape index (κ3) is 4.72. The number of thioether (sulfide) groups is 1. The molecule has 0 aliphatic carbocycles. The third-order valence-corrected chi connectivity index (χ3v) is 3.71. The number of aliphatic imine (C=N–C) groups is 1. The first-order valence-electron chi connectivity index (χ1n) is 5.76. The number of nitrogens with zero attached hydrogens (tertiary/aromatic N) is 1. The summed E-state index contributed by atoms with van der Waals surface area (Å²) in [4.78, 5) is 4.47. The topological polar surface area (TPSA) is 42.9 Å². The Labute approximate surface area is 102 Å². The van der Waals surface area contributed by atoms with Crippen molar-refractivity contribution in [1.29, 1.82) is 0 Å². The highest BCUT2D eigenvalue weighted by molar-refractivity contribution is 8.14. The average molecular weight is 246 g/mol. The van der Waals surface area contributed by atoms with Gasteiger partial charge < -0.3 is 14.8 Å². The summed E-state index contributed by atoms with van der Waals surface area (Å²) in [5.74, 6) is 0. The lowest BCUT2D eigenvalue weighted by Crippen LogP contribution is -2.34. The molecule has 1 aliphatic heterocycles. The molecule has 94 valence electrons. The first-order valence-corrected chi connectivity index (χ1v) is 6.64. The Morgan fingerprint density at radius 2 is 2.38 bits per heavy atom. The SMILES string of the molecule is CCCC1CN=C(NCC(COC)OC)S1. The maximum Gasteiger partial charge on any atom is 0.157 e. The minimum absolute atomic E-state index is 0.0959. The van der Waals surface area contributed by atoms with Crippen molar-refractivity contribution in [3.8, 4) is 0 Å². The van der Waals surface area contributed by atoms with Gasteiger partial charge in [0.15, 0.2) is 5.17 Å². The number of ether oxygens (including phenoxy) is 2. The van der Waals surface area contributed by atoms with Crippen molar-refractivity contribution in [2.75, 3.05) is 33.9 Å². The lowest BCUT2D eigenvalue weighted by Gasteiger charge is -2.15. The van der Waals surface area contributed by atoms with Gasteiger partial charge in [0, 0.05) is 26.0 Å². The summed E-state index contributed by atoms with van der Waals surface area (Å²) < 4.78 is 10.3. The van der Waals surface area contributed by atoms with Crippen molar-refractivity contribution < 1.29 is 9.47 Å². The zero-order valence-electron chi connectivity index (χ0n) is 10.4. The zero-order chi connectivity index (χ0) is 11.8. The fraction of sp³-hybridized carbons (Fsp3) is 0.909. The molecule has 0 amide bonds. The van der Waals surface area contributed by atoms with Crippen molar-refractivity contribution >= 4 is 16.9 Å². The van der Waals surface area contributed by atoms with Gasteiger partial charge in [-0.3, -0.25) is 4.99 Å². The molecule has 1 heterocycles. The molecule has 0 saturated carbocycles. The Bertz CT molecular complexity index is 224. The van der Waals surface area contributed by atoms with Gasteiger partial charge in [-0.15, -0.1) is 0 Å². The van der Waals surface area contributed by atoms with Crippen LogP contribution in [-0.2, 0) is 9.47 Å². The molecule has 1 rings (SSSR count). The molecular formula is C11H22N2O2S. The number of rotatable bonds is 7. The van der Waals surface area contributed by atoms with Crippen LogP contribution in [0.5, 0.6) is 0 Å². The summed E-state index contributed by atoms with van der Waals surface area (Å²) in [5.41, 5.74) is 0. The van der Waals surface area contributed by atoms with Crippen LogP contribution in [0.15, 0.2) is 4.99 Å². The van der Waals surface area contributed by atoms with Crippen molar-refractivity contribution in [1.82, 2.24) is 5.32 Å². The van der Waals surface area contributed by atoms with Crippen LogP contribution in [0.4, 0.5) is 0 Å². The van der Waals surface area contributed by atoms with Crippen LogP contribution in [0.2, 0.25) is 0 Å². The Kier molecular flexibility index (Phi) is 6.84. The van der Waals surface area contributed by atoms with Gasteiger partial charge in [0.25, 0.3) is 0 Å². The van der Waals surface area contributed by atoms with Crippen LogP contribution in [0.1, 0.15) is 19.8 Å². The lowest BCUT2D eigenvalue weighted by atomic mass is 10.2. The number of hydrogen-bond donors (Lipinski definition) is 1. The van der Waals surface area contributed by atoms with E-state index in [9.17, 15) is 0 Å². The number of hydrogen-bond acceptors (Lipinski definition) is 5. The predicted octanol–water partition coefficient (Wildman–Crippen LogP) is 1.51. The molecule has 0 aromatic carbocycles. The summed E-state index contributed by atoms with van der Waals surface area (Å²) in [6, 6.07) is 0. The van der Waals surface area contributed by atoms with Crippen LogP contribution >= 0.6 is 11.8 Å². The van der Waals surface area contributed by atoms with Gasteiger partial charge in [0.05, 0.1) is 19.3 Å². The van der Waals surface area contributed by atoms with Gasteiger partial charge in [-0.25, -0.2) is 0 Å². The highest BCUT2D eigenvalue weighted by atomic mass is 32.2. The summed E-state index contributed by atoms with van der Waals surface area (Å²) in [5, 5.41) is 5.03. The van der Waals surface area contributed by atoms with E-state index in [1.165, 1.54) is 12.8 Å². The van der Waals surface area contributed by atoms with Gasteiger partial charge in [0.2, 0.25) is 0 Å². The second-order valence-corrected chi connectivity index (χ2v) is 5.16. The van der Waals surface area contributed by atoms with Crippen molar-refractivity contribution in [3.05, 3.63) is 0 Å². The van der Waals surface area contributed by atoms with Gasteiger partial charge in [-0.1, -0.05) is 25.1 Å². The minimum Gasteiger partial charge on any atom is -0.382 e. The Morgan fingerprint density at radius 1 is 1.56 bits per heavy atom. The van der Waals surface area contributed by atoms with Crippen molar-refractivity contribution in [2.45, 2.75) is 31.1 Å². The lowest BCUT2D eigenvalue weighted by molar-refractivity contribution is 0.0316. The number of nitrogens with one attached hydrogen (secondary N) is 1. The largest absolute Gasteiger partial charge is 0.382 e. The van der Waals surface area contributed by atoms with E-state index in [0.29, 0.717) is 11.9 Å². The number of methoxy groups -OCH3 is 2. The highest BCUT2D eigenvalue weighted by Crippen LogP contribution is 2.23. The van der Waals surface area contributed by atoms with Gasteiger partial charge in [-0.2, -0.15) is 0 Å². The molecule has 0 aromatic rings. The van der Waals surface area contributed by atoms with E-state index >= 15 is 0 Å². The maximum absolute atomic E-state index is 5.27. The zero-order valence-corrected chi connectivity index (χ0v) is 11.2. The normalized spacial score (nSPS) is 21.9. The van der Waals surface area contributed by atoms with Crippen molar-refractivity contribution in [2.24, 2.45) is 4.99 Å². The van der Waals surface area contributed by atoms with E-state index in [4.69, 9.17) is 9.47 Å². The second-order valence-electron chi connectivity index (χ2n) is 3.87. The highest BCUT2D eigenvalue weighted by Gasteiger charge is 2.19. The van der Waals surface area contributed by atoms with E-state index in [1.807, 2.05) is 11.8 Å². The molecule has 2 atom stereocenters. The summed E-state index contributed by atoms with van der Waals surface area (Å²) >= 11 is 1.85. The second kappa shape index (κ2) is 7.92. The molecule has 5 heteroatoms. The molecule has 1 N–H and O–H groups in total.